The molecule has 0 atom stereocenters. The molecule has 0 aromatic heterocycles. The Bertz CT molecular complexity index is 483. The number of hydrogen-bond acceptors (Lipinski definition) is 2. The van der Waals surface area contributed by atoms with Gasteiger partial charge in [0.1, 0.15) is 0 Å². The minimum Gasteiger partial charge on any atom is -0.478 e. The predicted molar refractivity (Wildman–Crippen MR) is 67.2 cm³/mol. The number of carbonyl (C=O) groups is 2. The lowest BCUT2D eigenvalue weighted by Gasteiger charge is -2.19. The summed E-state index contributed by atoms with van der Waals surface area (Å²) < 4.78 is 0. The molecule has 0 bridgehead atoms. The first kappa shape index (κ1) is 13.3. The van der Waals surface area contributed by atoms with E-state index in [1.165, 1.54) is 17.9 Å². The Morgan fingerprint density at radius 2 is 2.06 bits per heavy atom. The van der Waals surface area contributed by atoms with E-state index in [9.17, 15) is 9.59 Å². The van der Waals surface area contributed by atoms with Crippen LogP contribution in [0.5, 0.6) is 0 Å². The number of hydrogen-bond donors (Lipinski definition) is 1. The SMILES string of the molecule is CC(=O)N(C)c1c(Cl)cccc1C=CC(=O)O. The Morgan fingerprint density at radius 1 is 1.41 bits per heavy atom. The van der Waals surface area contributed by atoms with Crippen LogP contribution in [0.3, 0.4) is 0 Å². The van der Waals surface area contributed by atoms with Crippen molar-refractivity contribution in [2.24, 2.45) is 0 Å². The third-order valence-corrected chi connectivity index (χ3v) is 2.54. The zero-order valence-electron chi connectivity index (χ0n) is 9.48. The van der Waals surface area contributed by atoms with Crippen LogP contribution in [0.4, 0.5) is 5.69 Å². The Labute approximate surface area is 104 Å². The molecule has 0 aliphatic heterocycles. The van der Waals surface area contributed by atoms with Gasteiger partial charge in [0, 0.05) is 20.0 Å². The van der Waals surface area contributed by atoms with Crippen molar-refractivity contribution in [1.82, 2.24) is 0 Å². The molecule has 0 saturated carbocycles. The van der Waals surface area contributed by atoms with E-state index >= 15 is 0 Å². The number of halogens is 1. The summed E-state index contributed by atoms with van der Waals surface area (Å²) in [5.41, 5.74) is 1.08. The van der Waals surface area contributed by atoms with Crippen LogP contribution in [0.1, 0.15) is 12.5 Å². The summed E-state index contributed by atoms with van der Waals surface area (Å²) in [6, 6.07) is 5.04. The molecular weight excluding hydrogens is 242 g/mol. The molecule has 1 aromatic rings. The number of rotatable bonds is 3. The van der Waals surface area contributed by atoms with Crippen molar-refractivity contribution in [3.05, 3.63) is 34.9 Å². The van der Waals surface area contributed by atoms with Gasteiger partial charge in [-0.15, -0.1) is 0 Å². The number of nitrogens with zero attached hydrogens (tertiary/aromatic N) is 1. The zero-order valence-corrected chi connectivity index (χ0v) is 10.2. The largest absolute Gasteiger partial charge is 0.478 e. The van der Waals surface area contributed by atoms with Gasteiger partial charge in [0.25, 0.3) is 0 Å². The summed E-state index contributed by atoms with van der Waals surface area (Å²) >= 11 is 6.01. The molecule has 0 radical (unpaired) electrons. The Morgan fingerprint density at radius 3 is 2.59 bits per heavy atom. The molecule has 4 nitrogen and oxygen atoms in total. The van der Waals surface area contributed by atoms with E-state index < -0.39 is 5.97 Å². The molecule has 1 aromatic carbocycles. The van der Waals surface area contributed by atoms with Gasteiger partial charge in [-0.3, -0.25) is 4.79 Å². The fourth-order valence-corrected chi connectivity index (χ4v) is 1.65. The van der Waals surface area contributed by atoms with Gasteiger partial charge in [-0.05, 0) is 17.7 Å². The van der Waals surface area contributed by atoms with Crippen LogP contribution in [-0.4, -0.2) is 24.0 Å². The van der Waals surface area contributed by atoms with E-state index in [-0.39, 0.29) is 5.91 Å². The van der Waals surface area contributed by atoms with Crippen LogP contribution in [0.2, 0.25) is 5.02 Å². The van der Waals surface area contributed by atoms with Gasteiger partial charge in [-0.2, -0.15) is 0 Å². The highest BCUT2D eigenvalue weighted by atomic mass is 35.5. The summed E-state index contributed by atoms with van der Waals surface area (Å²) in [5, 5.41) is 8.98. The molecule has 0 aliphatic rings. The second-order valence-corrected chi connectivity index (χ2v) is 3.83. The summed E-state index contributed by atoms with van der Waals surface area (Å²) in [6.07, 6.45) is 2.41. The van der Waals surface area contributed by atoms with E-state index in [2.05, 4.69) is 0 Å². The molecule has 0 unspecified atom stereocenters. The van der Waals surface area contributed by atoms with Gasteiger partial charge in [0.15, 0.2) is 0 Å². The quantitative estimate of drug-likeness (QED) is 0.842. The molecule has 5 heteroatoms. The number of amides is 1. The topological polar surface area (TPSA) is 57.6 Å². The van der Waals surface area contributed by atoms with Gasteiger partial charge in [-0.25, -0.2) is 4.79 Å². The smallest absolute Gasteiger partial charge is 0.328 e. The summed E-state index contributed by atoms with van der Waals surface area (Å²) in [4.78, 5) is 23.2. The van der Waals surface area contributed by atoms with Crippen LogP contribution in [-0.2, 0) is 9.59 Å². The van der Waals surface area contributed by atoms with E-state index in [4.69, 9.17) is 16.7 Å². The number of benzene rings is 1. The summed E-state index contributed by atoms with van der Waals surface area (Å²) in [5.74, 6) is -1.23. The molecule has 1 rings (SSSR count). The maximum Gasteiger partial charge on any atom is 0.328 e. The van der Waals surface area contributed by atoms with Gasteiger partial charge in [0.05, 0.1) is 10.7 Å². The number of carboxylic acid groups (broad SMARTS) is 1. The van der Waals surface area contributed by atoms with E-state index in [1.807, 2.05) is 0 Å². The predicted octanol–water partition coefficient (Wildman–Crippen LogP) is 2.42. The molecule has 0 saturated heterocycles. The average Bonchev–Trinajstić information content (AvgIpc) is 2.25. The Kier molecular flexibility index (Phi) is 4.29. The maximum absolute atomic E-state index is 11.3. The van der Waals surface area contributed by atoms with E-state index in [0.29, 0.717) is 16.3 Å². The molecule has 0 fully saturated rings. The lowest BCUT2D eigenvalue weighted by molar-refractivity contribution is -0.131. The van der Waals surface area contributed by atoms with Crippen molar-refractivity contribution < 1.29 is 14.7 Å². The highest BCUT2D eigenvalue weighted by molar-refractivity contribution is 6.34. The highest BCUT2D eigenvalue weighted by Gasteiger charge is 2.13. The maximum atomic E-state index is 11.3. The van der Waals surface area contributed by atoms with Crippen LogP contribution in [0, 0.1) is 0 Å². The second kappa shape index (κ2) is 5.50. The lowest BCUT2D eigenvalue weighted by Crippen LogP contribution is -2.24. The summed E-state index contributed by atoms with van der Waals surface area (Å²) in [6.45, 7) is 1.41. The average molecular weight is 254 g/mol. The van der Waals surface area contributed by atoms with Crippen molar-refractivity contribution >= 4 is 35.2 Å². The number of carbonyl (C=O) groups excluding carboxylic acids is 1. The zero-order chi connectivity index (χ0) is 13.0. The number of para-hydroxylation sites is 1. The van der Waals surface area contributed by atoms with Gasteiger partial charge >= 0.3 is 5.97 Å². The first-order valence-electron chi connectivity index (χ1n) is 4.87. The third-order valence-electron chi connectivity index (χ3n) is 2.23. The molecule has 90 valence electrons. The molecule has 1 amide bonds. The molecular formula is C12H12ClNO3. The van der Waals surface area contributed by atoms with Crippen LogP contribution in [0.15, 0.2) is 24.3 Å². The first-order chi connectivity index (χ1) is 7.93. The second-order valence-electron chi connectivity index (χ2n) is 3.43. The molecule has 0 heterocycles. The number of anilines is 1. The van der Waals surface area contributed by atoms with Gasteiger partial charge in [-0.1, -0.05) is 23.7 Å². The van der Waals surface area contributed by atoms with Crippen molar-refractivity contribution in [3.63, 3.8) is 0 Å². The van der Waals surface area contributed by atoms with Gasteiger partial charge in [0.2, 0.25) is 5.91 Å². The third kappa shape index (κ3) is 3.32. The van der Waals surface area contributed by atoms with E-state index in [0.717, 1.165) is 6.08 Å². The molecule has 0 spiro atoms. The first-order valence-corrected chi connectivity index (χ1v) is 5.25. The van der Waals surface area contributed by atoms with Crippen molar-refractivity contribution in [3.8, 4) is 0 Å². The Balaban J connectivity index is 3.26. The minimum atomic E-state index is -1.05. The highest BCUT2D eigenvalue weighted by Crippen LogP contribution is 2.30. The van der Waals surface area contributed by atoms with Crippen LogP contribution < -0.4 is 4.90 Å². The molecule has 17 heavy (non-hydrogen) atoms. The van der Waals surface area contributed by atoms with Crippen molar-refractivity contribution in [1.29, 1.82) is 0 Å². The van der Waals surface area contributed by atoms with Crippen molar-refractivity contribution in [2.75, 3.05) is 11.9 Å². The summed E-state index contributed by atoms with van der Waals surface area (Å²) in [7, 11) is 1.58. The van der Waals surface area contributed by atoms with Crippen LogP contribution >= 0.6 is 11.6 Å². The van der Waals surface area contributed by atoms with Crippen molar-refractivity contribution in [2.45, 2.75) is 6.92 Å². The van der Waals surface area contributed by atoms with E-state index in [1.54, 1.807) is 25.2 Å². The monoisotopic (exact) mass is 253 g/mol. The number of carboxylic acids is 1. The fourth-order valence-electron chi connectivity index (χ4n) is 1.34. The minimum absolute atomic E-state index is 0.178. The molecule has 0 aliphatic carbocycles. The lowest BCUT2D eigenvalue weighted by atomic mass is 10.1. The van der Waals surface area contributed by atoms with Crippen LogP contribution in [0.25, 0.3) is 6.08 Å². The number of aliphatic carboxylic acids is 1. The normalized spacial score (nSPS) is 10.5. The molecule has 1 N–H and O–H groups in total. The standard InChI is InChI=1S/C12H12ClNO3/c1-8(15)14(2)12-9(6-7-11(16)17)4-3-5-10(12)13/h3-7H,1-2H3,(H,16,17). The fraction of sp³-hybridized carbons (Fsp3) is 0.167. The van der Waals surface area contributed by atoms with Gasteiger partial charge < -0.3 is 10.0 Å². The Hall–Kier alpha value is -1.81.